The lowest BCUT2D eigenvalue weighted by Crippen LogP contribution is -2.47. The second kappa shape index (κ2) is 5.68. The van der Waals surface area contributed by atoms with Crippen molar-refractivity contribution in [2.24, 2.45) is 11.7 Å². The Morgan fingerprint density at radius 3 is 2.70 bits per heavy atom. The minimum absolute atomic E-state index is 0.128. The van der Waals surface area contributed by atoms with Crippen molar-refractivity contribution in [3.8, 4) is 0 Å². The van der Waals surface area contributed by atoms with E-state index in [0.717, 1.165) is 18.2 Å². The van der Waals surface area contributed by atoms with Gasteiger partial charge in [-0.25, -0.2) is 4.39 Å². The van der Waals surface area contributed by atoms with Crippen LogP contribution in [-0.4, -0.2) is 17.6 Å². The SMILES string of the molecule is NC(=S)c1ccc(N2CCCC3CCCCC32)cc1F. The van der Waals surface area contributed by atoms with Gasteiger partial charge in [-0.1, -0.05) is 25.1 Å². The largest absolute Gasteiger partial charge is 0.389 e. The van der Waals surface area contributed by atoms with Crippen LogP contribution in [0.3, 0.4) is 0 Å². The molecule has 2 atom stereocenters. The van der Waals surface area contributed by atoms with E-state index in [1.54, 1.807) is 12.1 Å². The van der Waals surface area contributed by atoms with Crippen molar-refractivity contribution in [1.82, 2.24) is 0 Å². The van der Waals surface area contributed by atoms with Gasteiger partial charge >= 0.3 is 0 Å². The van der Waals surface area contributed by atoms with E-state index >= 15 is 0 Å². The third-order valence-electron chi connectivity index (χ3n) is 4.79. The highest BCUT2D eigenvalue weighted by molar-refractivity contribution is 7.80. The van der Waals surface area contributed by atoms with Crippen LogP contribution in [0.15, 0.2) is 18.2 Å². The Balaban J connectivity index is 1.87. The molecule has 2 fully saturated rings. The molecule has 4 heteroatoms. The fraction of sp³-hybridized carbons (Fsp3) is 0.562. The molecule has 20 heavy (non-hydrogen) atoms. The topological polar surface area (TPSA) is 29.3 Å². The van der Waals surface area contributed by atoms with E-state index in [-0.39, 0.29) is 10.8 Å². The first-order valence-electron chi connectivity index (χ1n) is 7.53. The number of piperidine rings is 1. The molecule has 0 amide bonds. The normalized spacial score (nSPS) is 26.1. The van der Waals surface area contributed by atoms with Gasteiger partial charge in [0.05, 0.1) is 0 Å². The molecule has 1 saturated heterocycles. The van der Waals surface area contributed by atoms with Crippen LogP contribution in [0.1, 0.15) is 44.1 Å². The fourth-order valence-electron chi connectivity index (χ4n) is 3.83. The number of fused-ring (bicyclic) bond motifs is 1. The summed E-state index contributed by atoms with van der Waals surface area (Å²) in [5.74, 6) is 0.490. The number of nitrogens with two attached hydrogens (primary N) is 1. The molecule has 2 N–H and O–H groups in total. The lowest BCUT2D eigenvalue weighted by molar-refractivity contribution is 0.243. The molecular formula is C16H21FN2S. The lowest BCUT2D eigenvalue weighted by atomic mass is 9.78. The fourth-order valence-corrected chi connectivity index (χ4v) is 3.99. The number of thiocarbonyl (C=S) groups is 1. The summed E-state index contributed by atoms with van der Waals surface area (Å²) in [5, 5.41) is 0. The number of anilines is 1. The third kappa shape index (κ3) is 2.53. The number of benzene rings is 1. The van der Waals surface area contributed by atoms with Crippen LogP contribution in [0.4, 0.5) is 10.1 Å². The number of hydrogen-bond acceptors (Lipinski definition) is 2. The zero-order valence-corrected chi connectivity index (χ0v) is 12.5. The molecule has 1 aliphatic heterocycles. The van der Waals surface area contributed by atoms with Gasteiger partial charge in [-0.3, -0.25) is 0 Å². The van der Waals surface area contributed by atoms with E-state index in [4.69, 9.17) is 18.0 Å². The monoisotopic (exact) mass is 292 g/mol. The molecule has 1 saturated carbocycles. The van der Waals surface area contributed by atoms with E-state index in [1.807, 2.05) is 6.07 Å². The van der Waals surface area contributed by atoms with Crippen LogP contribution in [-0.2, 0) is 0 Å². The summed E-state index contributed by atoms with van der Waals surface area (Å²) >= 11 is 4.87. The second-order valence-electron chi connectivity index (χ2n) is 5.98. The highest BCUT2D eigenvalue weighted by atomic mass is 32.1. The van der Waals surface area contributed by atoms with E-state index in [0.29, 0.717) is 11.6 Å². The van der Waals surface area contributed by atoms with Crippen LogP contribution in [0.5, 0.6) is 0 Å². The minimum atomic E-state index is -0.298. The van der Waals surface area contributed by atoms with Gasteiger partial charge in [0.25, 0.3) is 0 Å². The molecule has 108 valence electrons. The highest BCUT2D eigenvalue weighted by Gasteiger charge is 2.33. The maximum absolute atomic E-state index is 14.1. The molecule has 0 spiro atoms. The Morgan fingerprint density at radius 1 is 1.20 bits per heavy atom. The van der Waals surface area contributed by atoms with Crippen molar-refractivity contribution in [2.45, 2.75) is 44.6 Å². The van der Waals surface area contributed by atoms with Gasteiger partial charge in [0, 0.05) is 23.8 Å². The van der Waals surface area contributed by atoms with Gasteiger partial charge in [0.1, 0.15) is 10.8 Å². The van der Waals surface area contributed by atoms with Gasteiger partial charge in [0.15, 0.2) is 0 Å². The van der Waals surface area contributed by atoms with Gasteiger partial charge < -0.3 is 10.6 Å². The Kier molecular flexibility index (Phi) is 3.92. The molecule has 2 unspecified atom stereocenters. The first-order valence-corrected chi connectivity index (χ1v) is 7.93. The van der Waals surface area contributed by atoms with Crippen LogP contribution < -0.4 is 10.6 Å². The van der Waals surface area contributed by atoms with E-state index < -0.39 is 0 Å². The summed E-state index contributed by atoms with van der Waals surface area (Å²) in [6.45, 7) is 1.03. The van der Waals surface area contributed by atoms with E-state index in [9.17, 15) is 4.39 Å². The van der Waals surface area contributed by atoms with Gasteiger partial charge in [-0.15, -0.1) is 0 Å². The molecule has 3 rings (SSSR count). The van der Waals surface area contributed by atoms with Crippen LogP contribution >= 0.6 is 12.2 Å². The quantitative estimate of drug-likeness (QED) is 0.844. The molecule has 0 aromatic heterocycles. The molecule has 1 aromatic rings. The average Bonchev–Trinajstić information content (AvgIpc) is 2.46. The summed E-state index contributed by atoms with van der Waals surface area (Å²) < 4.78 is 14.1. The first-order chi connectivity index (χ1) is 9.66. The molecule has 1 heterocycles. The van der Waals surface area contributed by atoms with E-state index in [1.165, 1.54) is 38.5 Å². The number of halogens is 1. The van der Waals surface area contributed by atoms with Crippen molar-refractivity contribution in [3.63, 3.8) is 0 Å². The zero-order valence-electron chi connectivity index (χ0n) is 11.6. The third-order valence-corrected chi connectivity index (χ3v) is 5.01. The van der Waals surface area contributed by atoms with Crippen molar-refractivity contribution in [1.29, 1.82) is 0 Å². The molecule has 2 aliphatic rings. The molecule has 0 radical (unpaired) electrons. The van der Waals surface area contributed by atoms with Crippen LogP contribution in [0.25, 0.3) is 0 Å². The summed E-state index contributed by atoms with van der Waals surface area (Å²) in [6.07, 6.45) is 7.75. The Morgan fingerprint density at radius 2 is 1.95 bits per heavy atom. The number of rotatable bonds is 2. The molecule has 0 bridgehead atoms. The van der Waals surface area contributed by atoms with Crippen molar-refractivity contribution >= 4 is 22.9 Å². The van der Waals surface area contributed by atoms with Gasteiger partial charge in [-0.05, 0) is 49.8 Å². The maximum atomic E-state index is 14.1. The standard InChI is InChI=1S/C16H21FN2S/c17-14-10-12(7-8-13(14)16(18)20)19-9-3-5-11-4-1-2-6-15(11)19/h7-8,10-11,15H,1-6,9H2,(H2,18,20). The van der Waals surface area contributed by atoms with Crippen LogP contribution in [0, 0.1) is 11.7 Å². The maximum Gasteiger partial charge on any atom is 0.135 e. The van der Waals surface area contributed by atoms with Gasteiger partial charge in [0.2, 0.25) is 0 Å². The lowest BCUT2D eigenvalue weighted by Gasteiger charge is -2.45. The van der Waals surface area contributed by atoms with Gasteiger partial charge in [-0.2, -0.15) is 0 Å². The van der Waals surface area contributed by atoms with Crippen molar-refractivity contribution < 1.29 is 4.39 Å². The first kappa shape index (κ1) is 13.8. The van der Waals surface area contributed by atoms with Crippen LogP contribution in [0.2, 0.25) is 0 Å². The zero-order chi connectivity index (χ0) is 14.1. The number of hydrogen-bond donors (Lipinski definition) is 1. The smallest absolute Gasteiger partial charge is 0.135 e. The molecule has 1 aromatic carbocycles. The Hall–Kier alpha value is -1.16. The summed E-state index contributed by atoms with van der Waals surface area (Å²) in [4.78, 5) is 2.53. The Bertz CT molecular complexity index is 515. The average molecular weight is 292 g/mol. The summed E-state index contributed by atoms with van der Waals surface area (Å²) in [5.41, 5.74) is 6.86. The highest BCUT2D eigenvalue weighted by Crippen LogP contribution is 2.38. The summed E-state index contributed by atoms with van der Waals surface area (Å²) in [6, 6.07) is 5.88. The minimum Gasteiger partial charge on any atom is -0.389 e. The van der Waals surface area contributed by atoms with E-state index in [2.05, 4.69) is 4.90 Å². The molecule has 2 nitrogen and oxygen atoms in total. The second-order valence-corrected chi connectivity index (χ2v) is 6.42. The Labute approximate surface area is 125 Å². The summed E-state index contributed by atoms with van der Waals surface area (Å²) in [7, 11) is 0. The number of nitrogens with zero attached hydrogens (tertiary/aromatic N) is 1. The van der Waals surface area contributed by atoms with Crippen molar-refractivity contribution in [2.75, 3.05) is 11.4 Å². The van der Waals surface area contributed by atoms with Crippen molar-refractivity contribution in [3.05, 3.63) is 29.6 Å². The molecular weight excluding hydrogens is 271 g/mol. The predicted octanol–water partition coefficient (Wildman–Crippen LogP) is 3.62. The molecule has 1 aliphatic carbocycles. The predicted molar refractivity (Wildman–Crippen MR) is 84.6 cm³/mol.